The van der Waals surface area contributed by atoms with Crippen molar-refractivity contribution >= 4 is 15.9 Å². The van der Waals surface area contributed by atoms with Crippen molar-refractivity contribution in [1.29, 1.82) is 0 Å². The molecule has 1 heterocycles. The molecule has 2 nitrogen and oxygen atoms in total. The molecule has 1 aliphatic rings. The summed E-state index contributed by atoms with van der Waals surface area (Å²) in [5.41, 5.74) is 0. The molecular weight excluding hydrogens is 168 g/mol. The van der Waals surface area contributed by atoms with Gasteiger partial charge in [0.15, 0.2) is 0 Å². The zero-order valence-electron chi connectivity index (χ0n) is 5.02. The molecule has 0 aromatic heterocycles. The topological polar surface area (TPSA) is 15.3 Å². The van der Waals surface area contributed by atoms with Gasteiger partial charge in [-0.1, -0.05) is 15.9 Å². The van der Waals surface area contributed by atoms with Gasteiger partial charge in [-0.05, 0) is 7.05 Å². The minimum absolute atomic E-state index is 0.501. The number of nitrogens with one attached hydrogen (secondary N) is 1. The van der Waals surface area contributed by atoms with Crippen LogP contribution < -0.4 is 5.32 Å². The summed E-state index contributed by atoms with van der Waals surface area (Å²) >= 11 is 3.48. The van der Waals surface area contributed by atoms with E-state index in [0.717, 1.165) is 13.1 Å². The number of alkyl halides is 1. The van der Waals surface area contributed by atoms with Crippen LogP contribution in [0.15, 0.2) is 0 Å². The number of hydrogen-bond acceptors (Lipinski definition) is 2. The molecule has 1 aliphatic heterocycles. The summed E-state index contributed by atoms with van der Waals surface area (Å²) in [7, 11) is 2.13. The van der Waals surface area contributed by atoms with E-state index in [1.165, 1.54) is 6.54 Å². The van der Waals surface area contributed by atoms with Crippen LogP contribution >= 0.6 is 15.9 Å². The third-order valence-corrected chi connectivity index (χ3v) is 1.94. The minimum atomic E-state index is 0.501. The van der Waals surface area contributed by atoms with Crippen molar-refractivity contribution in [3.05, 3.63) is 0 Å². The van der Waals surface area contributed by atoms with Gasteiger partial charge in [0.2, 0.25) is 0 Å². The molecule has 1 rings (SSSR count). The van der Waals surface area contributed by atoms with E-state index in [-0.39, 0.29) is 0 Å². The Labute approximate surface area is 58.4 Å². The first-order chi connectivity index (χ1) is 3.79. The Kier molecular flexibility index (Phi) is 2.28. The largest absolute Gasteiger partial charge is 0.303 e. The fourth-order valence-electron chi connectivity index (χ4n) is 0.842. The monoisotopic (exact) mass is 178 g/mol. The molecule has 3 heteroatoms. The van der Waals surface area contributed by atoms with Gasteiger partial charge in [-0.15, -0.1) is 0 Å². The van der Waals surface area contributed by atoms with E-state index in [0.29, 0.717) is 4.95 Å². The third-order valence-electron chi connectivity index (χ3n) is 1.33. The molecule has 1 N–H and O–H groups in total. The predicted octanol–water partition coefficient (Wildman–Crippen LogP) is 0.242. The highest BCUT2D eigenvalue weighted by molar-refractivity contribution is 9.09. The number of rotatable bonds is 0. The lowest BCUT2D eigenvalue weighted by Gasteiger charge is -2.26. The molecule has 0 bridgehead atoms. The van der Waals surface area contributed by atoms with E-state index in [9.17, 15) is 0 Å². The van der Waals surface area contributed by atoms with Crippen molar-refractivity contribution in [1.82, 2.24) is 10.2 Å². The summed E-state index contributed by atoms with van der Waals surface area (Å²) in [5, 5.41) is 3.29. The van der Waals surface area contributed by atoms with E-state index in [4.69, 9.17) is 0 Å². The first-order valence-electron chi connectivity index (χ1n) is 2.85. The lowest BCUT2D eigenvalue weighted by Crippen LogP contribution is -2.45. The van der Waals surface area contributed by atoms with E-state index >= 15 is 0 Å². The Morgan fingerprint density at radius 2 is 2.50 bits per heavy atom. The molecule has 1 fully saturated rings. The first-order valence-corrected chi connectivity index (χ1v) is 3.76. The quantitative estimate of drug-likeness (QED) is 0.423. The number of piperazine rings is 1. The zero-order chi connectivity index (χ0) is 5.98. The Morgan fingerprint density at radius 3 is 2.88 bits per heavy atom. The molecule has 0 aromatic carbocycles. The lowest BCUT2D eigenvalue weighted by atomic mass is 10.4. The molecule has 0 amide bonds. The van der Waals surface area contributed by atoms with Gasteiger partial charge in [0.05, 0.1) is 4.95 Å². The van der Waals surface area contributed by atoms with Crippen LogP contribution in [0.25, 0.3) is 0 Å². The second kappa shape index (κ2) is 2.80. The molecule has 48 valence electrons. The summed E-state index contributed by atoms with van der Waals surface area (Å²) in [6, 6.07) is 0. The van der Waals surface area contributed by atoms with Crippen LogP contribution in [0, 0.1) is 0 Å². The van der Waals surface area contributed by atoms with Crippen molar-refractivity contribution in [3.8, 4) is 0 Å². The first kappa shape index (κ1) is 6.52. The SMILES string of the molecule is CN1CCNC(Br)C1. The molecule has 1 atom stereocenters. The molecule has 0 saturated carbocycles. The van der Waals surface area contributed by atoms with Gasteiger partial charge in [-0.25, -0.2) is 0 Å². The zero-order valence-corrected chi connectivity index (χ0v) is 6.61. The fraction of sp³-hybridized carbons (Fsp3) is 1.00. The van der Waals surface area contributed by atoms with Gasteiger partial charge in [0.1, 0.15) is 0 Å². The van der Waals surface area contributed by atoms with Crippen LogP contribution in [-0.4, -0.2) is 36.5 Å². The number of hydrogen-bond donors (Lipinski definition) is 1. The lowest BCUT2D eigenvalue weighted by molar-refractivity contribution is 0.280. The average Bonchev–Trinajstić information content (AvgIpc) is 1.64. The van der Waals surface area contributed by atoms with E-state index in [1.807, 2.05) is 0 Å². The molecule has 0 spiro atoms. The van der Waals surface area contributed by atoms with Gasteiger partial charge in [0, 0.05) is 19.6 Å². The number of halogens is 1. The van der Waals surface area contributed by atoms with Gasteiger partial charge in [0.25, 0.3) is 0 Å². The van der Waals surface area contributed by atoms with Gasteiger partial charge in [-0.2, -0.15) is 0 Å². The van der Waals surface area contributed by atoms with Crippen molar-refractivity contribution in [2.45, 2.75) is 4.95 Å². The highest BCUT2D eigenvalue weighted by atomic mass is 79.9. The highest BCUT2D eigenvalue weighted by Crippen LogP contribution is 2.00. The highest BCUT2D eigenvalue weighted by Gasteiger charge is 2.11. The number of nitrogens with zero attached hydrogens (tertiary/aromatic N) is 1. The van der Waals surface area contributed by atoms with Gasteiger partial charge in [-0.3, -0.25) is 0 Å². The van der Waals surface area contributed by atoms with E-state index in [2.05, 4.69) is 33.2 Å². The van der Waals surface area contributed by atoms with Gasteiger partial charge < -0.3 is 10.2 Å². The average molecular weight is 179 g/mol. The molecular formula is C5H11BrN2. The van der Waals surface area contributed by atoms with Crippen LogP contribution in [0.5, 0.6) is 0 Å². The molecule has 1 unspecified atom stereocenters. The predicted molar refractivity (Wildman–Crippen MR) is 38.2 cm³/mol. The molecule has 0 radical (unpaired) electrons. The third kappa shape index (κ3) is 1.73. The van der Waals surface area contributed by atoms with Crippen molar-refractivity contribution < 1.29 is 0 Å². The van der Waals surface area contributed by atoms with E-state index < -0.39 is 0 Å². The van der Waals surface area contributed by atoms with Crippen LogP contribution in [-0.2, 0) is 0 Å². The van der Waals surface area contributed by atoms with Crippen molar-refractivity contribution in [2.24, 2.45) is 0 Å². The maximum Gasteiger partial charge on any atom is 0.0759 e. The normalized spacial score (nSPS) is 33.0. The van der Waals surface area contributed by atoms with Crippen molar-refractivity contribution in [2.75, 3.05) is 26.7 Å². The summed E-state index contributed by atoms with van der Waals surface area (Å²) in [4.78, 5) is 2.80. The maximum atomic E-state index is 3.48. The Balaban J connectivity index is 2.23. The van der Waals surface area contributed by atoms with Crippen LogP contribution in [0.3, 0.4) is 0 Å². The molecule has 0 aliphatic carbocycles. The van der Waals surface area contributed by atoms with Crippen molar-refractivity contribution in [3.63, 3.8) is 0 Å². The molecule has 1 saturated heterocycles. The Hall–Kier alpha value is 0.400. The summed E-state index contributed by atoms with van der Waals surface area (Å²) in [6.45, 7) is 3.38. The fourth-order valence-corrected chi connectivity index (χ4v) is 1.56. The smallest absolute Gasteiger partial charge is 0.0759 e. The maximum absolute atomic E-state index is 3.48. The van der Waals surface area contributed by atoms with Gasteiger partial charge >= 0.3 is 0 Å². The minimum Gasteiger partial charge on any atom is -0.303 e. The second-order valence-electron chi connectivity index (χ2n) is 2.18. The van der Waals surface area contributed by atoms with E-state index in [1.54, 1.807) is 0 Å². The van der Waals surface area contributed by atoms with Crippen LogP contribution in [0.2, 0.25) is 0 Å². The molecule has 8 heavy (non-hydrogen) atoms. The van der Waals surface area contributed by atoms with Crippen LogP contribution in [0.4, 0.5) is 0 Å². The summed E-state index contributed by atoms with van der Waals surface area (Å²) < 4.78 is 0. The summed E-state index contributed by atoms with van der Waals surface area (Å²) in [6.07, 6.45) is 0. The second-order valence-corrected chi connectivity index (χ2v) is 3.29. The molecule has 0 aromatic rings. The summed E-state index contributed by atoms with van der Waals surface area (Å²) in [5.74, 6) is 0. The Morgan fingerprint density at radius 1 is 1.75 bits per heavy atom. The van der Waals surface area contributed by atoms with Crippen LogP contribution in [0.1, 0.15) is 0 Å². The Bertz CT molecular complexity index is 68.8. The standard InChI is InChI=1S/C5H11BrN2/c1-8-3-2-7-5(6)4-8/h5,7H,2-4H2,1H3. The number of likely N-dealkylation sites (N-methyl/N-ethyl adjacent to an activating group) is 1.